The minimum atomic E-state index is -4.46. The van der Waals surface area contributed by atoms with Gasteiger partial charge >= 0.3 is 6.18 Å². The van der Waals surface area contributed by atoms with E-state index in [9.17, 15) is 18.0 Å². The highest BCUT2D eigenvalue weighted by molar-refractivity contribution is 5.95. The van der Waals surface area contributed by atoms with Crippen molar-refractivity contribution < 1.29 is 22.7 Å². The molecule has 0 bridgehead atoms. The molecule has 9 heteroatoms. The van der Waals surface area contributed by atoms with Crippen LogP contribution in [0.2, 0.25) is 0 Å². The Kier molecular flexibility index (Phi) is 6.74. The van der Waals surface area contributed by atoms with Crippen molar-refractivity contribution in [2.24, 2.45) is 0 Å². The van der Waals surface area contributed by atoms with E-state index in [-0.39, 0.29) is 17.8 Å². The molecular weight excluding hydrogens is 409 g/mol. The van der Waals surface area contributed by atoms with Crippen molar-refractivity contribution in [1.29, 1.82) is 0 Å². The lowest BCUT2D eigenvalue weighted by molar-refractivity contribution is -0.137. The Balaban J connectivity index is 1.67. The van der Waals surface area contributed by atoms with Crippen LogP contribution in [0.1, 0.15) is 46.6 Å². The van der Waals surface area contributed by atoms with Crippen molar-refractivity contribution >= 4 is 5.91 Å². The van der Waals surface area contributed by atoms with Gasteiger partial charge in [-0.1, -0.05) is 24.3 Å². The molecule has 0 spiro atoms. The summed E-state index contributed by atoms with van der Waals surface area (Å²) in [6.07, 6.45) is -2.22. The van der Waals surface area contributed by atoms with Gasteiger partial charge in [-0.2, -0.15) is 18.3 Å². The molecule has 3 aromatic rings. The van der Waals surface area contributed by atoms with E-state index in [2.05, 4.69) is 15.4 Å². The highest BCUT2D eigenvalue weighted by Crippen LogP contribution is 2.28. The number of benzene rings is 1. The maximum absolute atomic E-state index is 12.7. The first-order valence-electron chi connectivity index (χ1n) is 9.71. The summed E-state index contributed by atoms with van der Waals surface area (Å²) in [4.78, 5) is 16.4. The number of aromatic nitrogens is 3. The number of nitrogens with zero attached hydrogens (tertiary/aromatic N) is 3. The Hall–Kier alpha value is -3.20. The number of amides is 1. The molecule has 31 heavy (non-hydrogen) atoms. The second-order valence-corrected chi connectivity index (χ2v) is 7.32. The predicted molar refractivity (Wildman–Crippen MR) is 109 cm³/mol. The molecule has 164 valence electrons. The Bertz CT molecular complexity index is 1040. The summed E-state index contributed by atoms with van der Waals surface area (Å²) in [5.41, 5.74) is 1.88. The number of carbonyl (C=O) groups excluding carboxylic acids is 1. The number of rotatable bonds is 7. The Morgan fingerprint density at radius 1 is 1.16 bits per heavy atom. The van der Waals surface area contributed by atoms with Crippen molar-refractivity contribution in [3.05, 3.63) is 76.7 Å². The van der Waals surface area contributed by atoms with Gasteiger partial charge in [-0.3, -0.25) is 4.79 Å². The Labute approximate surface area is 178 Å². The zero-order valence-electron chi connectivity index (χ0n) is 17.4. The average molecular weight is 432 g/mol. The number of ether oxygens (including phenoxy) is 1. The van der Waals surface area contributed by atoms with E-state index in [1.807, 2.05) is 38.1 Å². The largest absolute Gasteiger partial charge is 0.417 e. The molecule has 0 aliphatic heterocycles. The fourth-order valence-corrected chi connectivity index (χ4v) is 2.91. The molecule has 0 saturated carbocycles. The van der Waals surface area contributed by atoms with Crippen LogP contribution in [0, 0.1) is 6.92 Å². The molecule has 1 aromatic carbocycles. The fraction of sp³-hybridized carbons (Fsp3) is 0.318. The third-order valence-corrected chi connectivity index (χ3v) is 4.57. The summed E-state index contributed by atoms with van der Waals surface area (Å²) >= 11 is 0. The molecular formula is C22H23F3N4O2. The van der Waals surface area contributed by atoms with Crippen LogP contribution in [0.3, 0.4) is 0 Å². The van der Waals surface area contributed by atoms with Crippen LogP contribution in [0.4, 0.5) is 13.2 Å². The predicted octanol–water partition coefficient (Wildman–Crippen LogP) is 4.45. The van der Waals surface area contributed by atoms with E-state index >= 15 is 0 Å². The van der Waals surface area contributed by atoms with Crippen LogP contribution in [-0.4, -0.2) is 26.8 Å². The second-order valence-electron chi connectivity index (χ2n) is 7.32. The van der Waals surface area contributed by atoms with E-state index in [0.717, 1.165) is 23.4 Å². The SMILES string of the molecule is Cc1c(C(=O)NCc2cccc(COC(C)C)c2)cnn1-c1ccc(C(F)(F)F)cn1. The van der Waals surface area contributed by atoms with E-state index < -0.39 is 11.7 Å². The van der Waals surface area contributed by atoms with Crippen LogP contribution >= 0.6 is 0 Å². The Morgan fingerprint density at radius 2 is 1.90 bits per heavy atom. The van der Waals surface area contributed by atoms with Crippen LogP contribution in [0.5, 0.6) is 0 Å². The van der Waals surface area contributed by atoms with Gasteiger partial charge in [-0.05, 0) is 44.0 Å². The van der Waals surface area contributed by atoms with Crippen molar-refractivity contribution in [3.8, 4) is 5.82 Å². The topological polar surface area (TPSA) is 69.0 Å². The molecule has 6 nitrogen and oxygen atoms in total. The molecule has 0 atom stereocenters. The molecule has 0 aliphatic rings. The quantitative estimate of drug-likeness (QED) is 0.599. The lowest BCUT2D eigenvalue weighted by Crippen LogP contribution is -2.23. The molecule has 3 rings (SSSR count). The standard InChI is InChI=1S/C22H23F3N4O2/c1-14(2)31-13-17-6-4-5-16(9-17)10-27-21(30)19-12-28-29(15(19)3)20-8-7-18(11-26-20)22(23,24)25/h4-9,11-12,14H,10,13H2,1-3H3,(H,27,30). The zero-order chi connectivity index (χ0) is 22.6. The van der Waals surface area contributed by atoms with Gasteiger partial charge in [0.25, 0.3) is 5.91 Å². The molecule has 0 aliphatic carbocycles. The lowest BCUT2D eigenvalue weighted by atomic mass is 10.1. The third kappa shape index (κ3) is 5.69. The van der Waals surface area contributed by atoms with Crippen LogP contribution in [-0.2, 0) is 24.1 Å². The number of carbonyl (C=O) groups is 1. The molecule has 0 fully saturated rings. The van der Waals surface area contributed by atoms with E-state index in [0.29, 0.717) is 24.4 Å². The second kappa shape index (κ2) is 9.30. The summed E-state index contributed by atoms with van der Waals surface area (Å²) in [6, 6.07) is 9.88. The van der Waals surface area contributed by atoms with E-state index in [1.54, 1.807) is 6.92 Å². The van der Waals surface area contributed by atoms with Gasteiger partial charge < -0.3 is 10.1 Å². The highest BCUT2D eigenvalue weighted by atomic mass is 19.4. The number of hydrogen-bond acceptors (Lipinski definition) is 4. The summed E-state index contributed by atoms with van der Waals surface area (Å²) in [6.45, 7) is 6.40. The summed E-state index contributed by atoms with van der Waals surface area (Å²) < 4.78 is 45.1. The van der Waals surface area contributed by atoms with Crippen molar-refractivity contribution in [1.82, 2.24) is 20.1 Å². The molecule has 2 heterocycles. The number of hydrogen-bond donors (Lipinski definition) is 1. The first-order chi connectivity index (χ1) is 14.6. The molecule has 0 saturated heterocycles. The van der Waals surface area contributed by atoms with Gasteiger partial charge in [0, 0.05) is 12.7 Å². The summed E-state index contributed by atoms with van der Waals surface area (Å²) in [5.74, 6) is -0.137. The first-order valence-corrected chi connectivity index (χ1v) is 9.71. The normalized spacial score (nSPS) is 11.7. The van der Waals surface area contributed by atoms with E-state index in [1.165, 1.54) is 16.9 Å². The number of nitrogens with one attached hydrogen (secondary N) is 1. The average Bonchev–Trinajstić information content (AvgIpc) is 3.11. The summed E-state index contributed by atoms with van der Waals surface area (Å²) in [7, 11) is 0. The van der Waals surface area contributed by atoms with Crippen LogP contribution in [0.25, 0.3) is 5.82 Å². The lowest BCUT2D eigenvalue weighted by Gasteiger charge is -2.10. The van der Waals surface area contributed by atoms with Gasteiger partial charge in [0.2, 0.25) is 0 Å². The first kappa shape index (κ1) is 22.5. The van der Waals surface area contributed by atoms with Gasteiger partial charge in [0.05, 0.1) is 35.7 Å². The maximum atomic E-state index is 12.7. The maximum Gasteiger partial charge on any atom is 0.417 e. The molecule has 0 radical (unpaired) electrons. The van der Waals surface area contributed by atoms with Gasteiger partial charge in [0.15, 0.2) is 5.82 Å². The summed E-state index contributed by atoms with van der Waals surface area (Å²) in [5, 5.41) is 6.94. The Morgan fingerprint density at radius 3 is 2.55 bits per heavy atom. The minimum absolute atomic E-state index is 0.127. The molecule has 2 aromatic heterocycles. The van der Waals surface area contributed by atoms with Gasteiger partial charge in [0.1, 0.15) is 0 Å². The molecule has 1 amide bonds. The van der Waals surface area contributed by atoms with E-state index in [4.69, 9.17) is 4.74 Å². The number of pyridine rings is 1. The third-order valence-electron chi connectivity index (χ3n) is 4.57. The van der Waals surface area contributed by atoms with Crippen molar-refractivity contribution in [2.45, 2.75) is 46.2 Å². The van der Waals surface area contributed by atoms with Crippen LogP contribution in [0.15, 0.2) is 48.8 Å². The molecule has 0 unspecified atom stereocenters. The van der Waals surface area contributed by atoms with Gasteiger partial charge in [-0.25, -0.2) is 9.67 Å². The van der Waals surface area contributed by atoms with Crippen LogP contribution < -0.4 is 5.32 Å². The highest BCUT2D eigenvalue weighted by Gasteiger charge is 2.30. The van der Waals surface area contributed by atoms with Crippen molar-refractivity contribution in [3.63, 3.8) is 0 Å². The minimum Gasteiger partial charge on any atom is -0.374 e. The smallest absolute Gasteiger partial charge is 0.374 e. The fourth-order valence-electron chi connectivity index (χ4n) is 2.91. The van der Waals surface area contributed by atoms with Crippen molar-refractivity contribution in [2.75, 3.05) is 0 Å². The van der Waals surface area contributed by atoms with Gasteiger partial charge in [-0.15, -0.1) is 0 Å². The molecule has 1 N–H and O–H groups in total. The zero-order valence-corrected chi connectivity index (χ0v) is 17.4. The number of halogens is 3. The monoisotopic (exact) mass is 432 g/mol. The number of alkyl halides is 3.